The normalized spacial score (nSPS) is 17.4. The quantitative estimate of drug-likeness (QED) is 0.815. The van der Waals surface area contributed by atoms with Crippen LogP contribution in [0.5, 0.6) is 5.75 Å². The van der Waals surface area contributed by atoms with Crippen molar-refractivity contribution in [1.29, 1.82) is 0 Å². The average molecular weight is 428 g/mol. The molecule has 4 rings (SSSR count). The van der Waals surface area contributed by atoms with Crippen molar-refractivity contribution in [2.24, 2.45) is 0 Å². The van der Waals surface area contributed by atoms with Crippen LogP contribution in [0, 0.1) is 0 Å². The summed E-state index contributed by atoms with van der Waals surface area (Å²) in [5.41, 5.74) is 1.41. The third-order valence-corrected chi connectivity index (χ3v) is 7.48. The highest BCUT2D eigenvalue weighted by Gasteiger charge is 2.34. The molecule has 144 valence electrons. The molecule has 27 heavy (non-hydrogen) atoms. The maximum absolute atomic E-state index is 13.4. The summed E-state index contributed by atoms with van der Waals surface area (Å²) >= 11 is 12.4. The molecule has 0 atom stereocenters. The molecule has 0 unspecified atom stereocenters. The Labute approximate surface area is 168 Å². The molecule has 1 N–H and O–H groups in total. The molecule has 6 nitrogen and oxygen atoms in total. The number of hydrogen-bond acceptors (Lipinski definition) is 5. The van der Waals surface area contributed by atoms with Crippen molar-refractivity contribution in [3.63, 3.8) is 0 Å². The first-order chi connectivity index (χ1) is 13.0. The molecule has 0 spiro atoms. The van der Waals surface area contributed by atoms with Crippen molar-refractivity contribution >= 4 is 44.6 Å². The standard InChI is InChI=1S/C18H19Cl2N3O3S/c19-13-3-1-4-14(20)18(13)27(24,25)23-11-12-26-17-15(5-2-6-16(17)23)22-9-7-21-8-10-22/h1-6,21H,7-12H2. The highest BCUT2D eigenvalue weighted by Crippen LogP contribution is 2.43. The minimum atomic E-state index is -3.93. The summed E-state index contributed by atoms with van der Waals surface area (Å²) in [6.07, 6.45) is 0. The molecule has 9 heteroatoms. The van der Waals surface area contributed by atoms with Crippen molar-refractivity contribution in [2.45, 2.75) is 4.90 Å². The van der Waals surface area contributed by atoms with Crippen LogP contribution in [-0.4, -0.2) is 47.7 Å². The van der Waals surface area contributed by atoms with Crippen LogP contribution in [0.2, 0.25) is 10.0 Å². The van der Waals surface area contributed by atoms with E-state index >= 15 is 0 Å². The SMILES string of the molecule is O=S(=O)(c1c(Cl)cccc1Cl)N1CCOc2c(N3CCNCC3)cccc21. The van der Waals surface area contributed by atoms with Crippen LogP contribution in [0.3, 0.4) is 0 Å². The van der Waals surface area contributed by atoms with E-state index < -0.39 is 10.0 Å². The van der Waals surface area contributed by atoms with Crippen LogP contribution in [-0.2, 0) is 10.0 Å². The smallest absolute Gasteiger partial charge is 0.267 e. The Morgan fingerprint density at radius 3 is 2.26 bits per heavy atom. The molecular weight excluding hydrogens is 409 g/mol. The molecule has 2 aliphatic heterocycles. The zero-order valence-electron chi connectivity index (χ0n) is 14.5. The van der Waals surface area contributed by atoms with Crippen LogP contribution in [0.15, 0.2) is 41.3 Å². The van der Waals surface area contributed by atoms with Gasteiger partial charge in [0.25, 0.3) is 10.0 Å². The second-order valence-corrected chi connectivity index (χ2v) is 8.95. The molecule has 0 saturated carbocycles. The highest BCUT2D eigenvalue weighted by molar-refractivity contribution is 7.93. The van der Waals surface area contributed by atoms with Gasteiger partial charge in [-0.15, -0.1) is 0 Å². The van der Waals surface area contributed by atoms with E-state index in [2.05, 4.69) is 10.2 Å². The van der Waals surface area contributed by atoms with Gasteiger partial charge in [-0.2, -0.15) is 0 Å². The van der Waals surface area contributed by atoms with Crippen LogP contribution in [0.1, 0.15) is 0 Å². The fraction of sp³-hybridized carbons (Fsp3) is 0.333. The Balaban J connectivity index is 1.80. The predicted molar refractivity (Wildman–Crippen MR) is 108 cm³/mol. The van der Waals surface area contributed by atoms with Gasteiger partial charge in [0.15, 0.2) is 5.75 Å². The third kappa shape index (κ3) is 3.33. The van der Waals surface area contributed by atoms with E-state index in [4.69, 9.17) is 27.9 Å². The predicted octanol–water partition coefficient (Wildman–Crippen LogP) is 2.99. The van der Waals surface area contributed by atoms with Crippen molar-refractivity contribution < 1.29 is 13.2 Å². The first-order valence-corrected chi connectivity index (χ1v) is 10.9. The Hall–Kier alpha value is -1.67. The largest absolute Gasteiger partial charge is 0.487 e. The number of hydrogen-bond donors (Lipinski definition) is 1. The summed E-state index contributed by atoms with van der Waals surface area (Å²) < 4.78 is 33.9. The second-order valence-electron chi connectivity index (χ2n) is 6.34. The van der Waals surface area contributed by atoms with Crippen LogP contribution in [0.25, 0.3) is 0 Å². The van der Waals surface area contributed by atoms with Gasteiger partial charge < -0.3 is 15.0 Å². The molecule has 0 bridgehead atoms. The number of halogens is 2. The number of benzene rings is 2. The number of sulfonamides is 1. The molecule has 1 fully saturated rings. The molecule has 0 amide bonds. The van der Waals surface area contributed by atoms with E-state index in [1.165, 1.54) is 16.4 Å². The van der Waals surface area contributed by atoms with Gasteiger partial charge >= 0.3 is 0 Å². The average Bonchev–Trinajstić information content (AvgIpc) is 2.67. The van der Waals surface area contributed by atoms with E-state index in [9.17, 15) is 8.42 Å². The summed E-state index contributed by atoms with van der Waals surface area (Å²) in [4.78, 5) is 2.13. The van der Waals surface area contributed by atoms with Gasteiger partial charge in [0, 0.05) is 26.2 Å². The summed E-state index contributed by atoms with van der Waals surface area (Å²) in [5.74, 6) is 0.581. The lowest BCUT2D eigenvalue weighted by Crippen LogP contribution is -2.44. The zero-order valence-corrected chi connectivity index (χ0v) is 16.8. The number of ether oxygens (including phenoxy) is 1. The van der Waals surface area contributed by atoms with Gasteiger partial charge in [0.2, 0.25) is 0 Å². The molecule has 2 heterocycles. The van der Waals surface area contributed by atoms with E-state index in [1.54, 1.807) is 12.1 Å². The lowest BCUT2D eigenvalue weighted by Gasteiger charge is -2.36. The van der Waals surface area contributed by atoms with Crippen LogP contribution >= 0.6 is 23.2 Å². The molecule has 2 aliphatic rings. The molecule has 2 aromatic carbocycles. The minimum absolute atomic E-state index is 0.0752. The maximum atomic E-state index is 13.4. The topological polar surface area (TPSA) is 61.9 Å². The zero-order chi connectivity index (χ0) is 19.0. The Morgan fingerprint density at radius 1 is 0.926 bits per heavy atom. The summed E-state index contributed by atoms with van der Waals surface area (Å²) in [5, 5.41) is 3.52. The summed E-state index contributed by atoms with van der Waals surface area (Å²) in [6, 6.07) is 10.2. The minimum Gasteiger partial charge on any atom is -0.487 e. The Morgan fingerprint density at radius 2 is 1.56 bits per heavy atom. The van der Waals surface area contributed by atoms with Gasteiger partial charge in [-0.1, -0.05) is 35.3 Å². The van der Waals surface area contributed by atoms with Crippen molar-refractivity contribution in [3.05, 3.63) is 46.4 Å². The van der Waals surface area contributed by atoms with E-state index in [-0.39, 0.29) is 28.1 Å². The highest BCUT2D eigenvalue weighted by atomic mass is 35.5. The lowest BCUT2D eigenvalue weighted by atomic mass is 10.2. The third-order valence-electron chi connectivity index (χ3n) is 4.71. The van der Waals surface area contributed by atoms with E-state index in [0.29, 0.717) is 11.4 Å². The Kier molecular flexibility index (Phi) is 5.11. The van der Waals surface area contributed by atoms with E-state index in [1.807, 2.05) is 12.1 Å². The van der Waals surface area contributed by atoms with Gasteiger partial charge in [-0.05, 0) is 24.3 Å². The van der Waals surface area contributed by atoms with E-state index in [0.717, 1.165) is 31.9 Å². The number of anilines is 2. The summed E-state index contributed by atoms with van der Waals surface area (Å²) in [7, 11) is -3.93. The van der Waals surface area contributed by atoms with Gasteiger partial charge in [0.1, 0.15) is 11.5 Å². The number of para-hydroxylation sites is 1. The monoisotopic (exact) mass is 427 g/mol. The van der Waals surface area contributed by atoms with Crippen molar-refractivity contribution in [2.75, 3.05) is 48.5 Å². The first kappa shape index (κ1) is 18.7. The van der Waals surface area contributed by atoms with Gasteiger partial charge in [0.05, 0.1) is 28.0 Å². The Bertz CT molecular complexity index is 942. The second kappa shape index (κ2) is 7.39. The van der Waals surface area contributed by atoms with Crippen LogP contribution < -0.4 is 19.3 Å². The molecular formula is C18H19Cl2N3O3S. The molecule has 2 aromatic rings. The molecule has 0 aliphatic carbocycles. The van der Waals surface area contributed by atoms with Crippen LogP contribution in [0.4, 0.5) is 11.4 Å². The van der Waals surface area contributed by atoms with Crippen molar-refractivity contribution in [3.8, 4) is 5.75 Å². The number of fused-ring (bicyclic) bond motifs is 1. The van der Waals surface area contributed by atoms with Gasteiger partial charge in [-0.3, -0.25) is 4.31 Å². The number of nitrogens with one attached hydrogen (secondary N) is 1. The van der Waals surface area contributed by atoms with Crippen molar-refractivity contribution in [1.82, 2.24) is 5.32 Å². The van der Waals surface area contributed by atoms with Gasteiger partial charge in [-0.25, -0.2) is 8.42 Å². The summed E-state index contributed by atoms with van der Waals surface area (Å²) in [6.45, 7) is 3.88. The fourth-order valence-corrected chi connectivity index (χ4v) is 6.00. The number of piperazine rings is 1. The number of rotatable bonds is 3. The first-order valence-electron chi connectivity index (χ1n) is 8.68. The fourth-order valence-electron chi connectivity index (χ4n) is 3.45. The molecule has 0 radical (unpaired) electrons. The molecule has 1 saturated heterocycles. The number of nitrogens with zero attached hydrogens (tertiary/aromatic N) is 2. The maximum Gasteiger partial charge on any atom is 0.267 e. The molecule has 0 aromatic heterocycles. The lowest BCUT2D eigenvalue weighted by molar-refractivity contribution is 0.315.